The van der Waals surface area contributed by atoms with Crippen LogP contribution in [0.4, 0.5) is 0 Å². The van der Waals surface area contributed by atoms with Gasteiger partial charge in [-0.2, -0.15) is 0 Å². The van der Waals surface area contributed by atoms with Gasteiger partial charge in [0.05, 0.1) is 14.2 Å². The Morgan fingerprint density at radius 3 is 2.30 bits per heavy atom. The van der Waals surface area contributed by atoms with Gasteiger partial charge < -0.3 is 14.6 Å². The number of rotatable bonds is 8. The highest BCUT2D eigenvalue weighted by Gasteiger charge is 2.23. The van der Waals surface area contributed by atoms with Crippen LogP contribution in [0.5, 0.6) is 11.5 Å². The molecule has 23 heavy (non-hydrogen) atoms. The maximum Gasteiger partial charge on any atom is 0.320 e. The average molecular weight is 323 g/mol. The first kappa shape index (κ1) is 19.3. The molecule has 0 aliphatic heterocycles. The third kappa shape index (κ3) is 6.10. The van der Waals surface area contributed by atoms with Crippen molar-refractivity contribution in [2.75, 3.05) is 14.2 Å². The van der Waals surface area contributed by atoms with Crippen LogP contribution in [0.1, 0.15) is 52.1 Å². The molecule has 0 aliphatic rings. The summed E-state index contributed by atoms with van der Waals surface area (Å²) in [5, 5.41) is 12.6. The molecule has 1 aromatic carbocycles. The first-order chi connectivity index (χ1) is 10.7. The number of hydrogen-bond donors (Lipinski definition) is 2. The van der Waals surface area contributed by atoms with Gasteiger partial charge in [0.2, 0.25) is 0 Å². The van der Waals surface area contributed by atoms with Crippen LogP contribution in [-0.2, 0) is 4.79 Å². The molecule has 0 aromatic heterocycles. The van der Waals surface area contributed by atoms with Gasteiger partial charge in [-0.1, -0.05) is 26.8 Å². The topological polar surface area (TPSA) is 67.8 Å². The van der Waals surface area contributed by atoms with Gasteiger partial charge in [-0.05, 0) is 42.9 Å². The maximum absolute atomic E-state index is 11.5. The van der Waals surface area contributed by atoms with E-state index < -0.39 is 12.0 Å². The highest BCUT2D eigenvalue weighted by Crippen LogP contribution is 2.30. The number of nitrogens with one attached hydrogen (secondary N) is 1. The Balaban J connectivity index is 2.82. The van der Waals surface area contributed by atoms with E-state index in [1.165, 1.54) is 0 Å². The van der Waals surface area contributed by atoms with Gasteiger partial charge in [0.15, 0.2) is 11.5 Å². The minimum Gasteiger partial charge on any atom is -0.493 e. The minimum atomic E-state index is -0.818. The molecule has 0 aliphatic carbocycles. The zero-order valence-corrected chi connectivity index (χ0v) is 15.0. The third-order valence-corrected chi connectivity index (χ3v) is 3.84. The van der Waals surface area contributed by atoms with Crippen LogP contribution in [0.25, 0.3) is 0 Å². The fraction of sp³-hybridized carbons (Fsp3) is 0.611. The molecule has 130 valence electrons. The number of ether oxygens (including phenoxy) is 2. The van der Waals surface area contributed by atoms with E-state index in [2.05, 4.69) is 26.1 Å². The average Bonchev–Trinajstić information content (AvgIpc) is 2.49. The molecule has 2 unspecified atom stereocenters. The Morgan fingerprint density at radius 2 is 1.83 bits per heavy atom. The maximum atomic E-state index is 11.5. The van der Waals surface area contributed by atoms with Crippen molar-refractivity contribution in [2.24, 2.45) is 5.41 Å². The van der Waals surface area contributed by atoms with Gasteiger partial charge in [-0.3, -0.25) is 10.1 Å². The van der Waals surface area contributed by atoms with E-state index >= 15 is 0 Å². The second kappa shape index (κ2) is 8.20. The van der Waals surface area contributed by atoms with Crippen LogP contribution >= 0.6 is 0 Å². The smallest absolute Gasteiger partial charge is 0.320 e. The van der Waals surface area contributed by atoms with Crippen LogP contribution < -0.4 is 14.8 Å². The van der Waals surface area contributed by atoms with E-state index in [1.54, 1.807) is 14.2 Å². The van der Waals surface area contributed by atoms with Crippen LogP contribution in [0.15, 0.2) is 18.2 Å². The zero-order valence-electron chi connectivity index (χ0n) is 15.0. The van der Waals surface area contributed by atoms with Crippen molar-refractivity contribution in [1.29, 1.82) is 0 Å². The quantitative estimate of drug-likeness (QED) is 0.764. The summed E-state index contributed by atoms with van der Waals surface area (Å²) < 4.78 is 10.5. The highest BCUT2D eigenvalue weighted by molar-refractivity contribution is 5.73. The van der Waals surface area contributed by atoms with Gasteiger partial charge in [-0.15, -0.1) is 0 Å². The van der Waals surface area contributed by atoms with Gasteiger partial charge >= 0.3 is 5.97 Å². The molecular weight excluding hydrogens is 294 g/mol. The van der Waals surface area contributed by atoms with E-state index in [0.29, 0.717) is 17.9 Å². The Hall–Kier alpha value is -1.75. The lowest BCUT2D eigenvalue weighted by Crippen LogP contribution is -2.39. The number of carbonyl (C=O) groups is 1. The Labute approximate surface area is 139 Å². The molecule has 2 N–H and O–H groups in total. The van der Waals surface area contributed by atoms with E-state index in [1.807, 2.05) is 25.1 Å². The third-order valence-electron chi connectivity index (χ3n) is 3.84. The molecule has 0 heterocycles. The first-order valence-electron chi connectivity index (χ1n) is 7.88. The fourth-order valence-corrected chi connectivity index (χ4v) is 2.38. The van der Waals surface area contributed by atoms with Gasteiger partial charge in [-0.25, -0.2) is 0 Å². The monoisotopic (exact) mass is 323 g/mol. The van der Waals surface area contributed by atoms with E-state index in [9.17, 15) is 9.90 Å². The summed E-state index contributed by atoms with van der Waals surface area (Å²) in [6, 6.07) is 4.95. The summed E-state index contributed by atoms with van der Waals surface area (Å²) >= 11 is 0. The SMILES string of the molecule is COc1ccc(C(C)NC(CCC(C)(C)C)C(=O)O)cc1OC. The molecule has 5 nitrogen and oxygen atoms in total. The lowest BCUT2D eigenvalue weighted by Gasteiger charge is -2.24. The van der Waals surface area contributed by atoms with E-state index in [4.69, 9.17) is 9.47 Å². The molecule has 0 saturated heterocycles. The fourth-order valence-electron chi connectivity index (χ4n) is 2.38. The number of carboxylic acids is 1. The van der Waals surface area contributed by atoms with Gasteiger partial charge in [0.1, 0.15) is 6.04 Å². The molecule has 2 atom stereocenters. The van der Waals surface area contributed by atoms with Crippen molar-refractivity contribution in [1.82, 2.24) is 5.32 Å². The Morgan fingerprint density at radius 1 is 1.22 bits per heavy atom. The standard InChI is InChI=1S/C18H29NO4/c1-12(13-7-8-15(22-5)16(11-13)23-6)19-14(17(20)21)9-10-18(2,3)4/h7-8,11-12,14,19H,9-10H2,1-6H3,(H,20,21). The lowest BCUT2D eigenvalue weighted by molar-refractivity contribution is -0.140. The Kier molecular flexibility index (Phi) is 6.88. The molecule has 0 spiro atoms. The van der Waals surface area contributed by atoms with Crippen molar-refractivity contribution in [3.63, 3.8) is 0 Å². The predicted octanol–water partition coefficient (Wildman–Crippen LogP) is 3.63. The summed E-state index contributed by atoms with van der Waals surface area (Å²) in [7, 11) is 3.18. The van der Waals surface area contributed by atoms with E-state index in [0.717, 1.165) is 12.0 Å². The summed E-state index contributed by atoms with van der Waals surface area (Å²) in [5.74, 6) is 0.479. The summed E-state index contributed by atoms with van der Waals surface area (Å²) in [6.07, 6.45) is 1.44. The van der Waals surface area contributed by atoms with Crippen molar-refractivity contribution in [3.8, 4) is 11.5 Å². The molecular formula is C18H29NO4. The molecule has 0 fully saturated rings. The lowest BCUT2D eigenvalue weighted by atomic mass is 9.88. The molecule has 0 amide bonds. The van der Waals surface area contributed by atoms with Crippen LogP contribution in [0, 0.1) is 5.41 Å². The molecule has 5 heteroatoms. The van der Waals surface area contributed by atoms with Crippen molar-refractivity contribution in [2.45, 2.75) is 52.6 Å². The minimum absolute atomic E-state index is 0.101. The largest absolute Gasteiger partial charge is 0.493 e. The number of methoxy groups -OCH3 is 2. The second-order valence-corrected chi connectivity index (χ2v) is 6.99. The number of aliphatic carboxylic acids is 1. The number of hydrogen-bond acceptors (Lipinski definition) is 4. The molecule has 0 radical (unpaired) electrons. The van der Waals surface area contributed by atoms with Crippen molar-refractivity contribution >= 4 is 5.97 Å². The summed E-state index contributed by atoms with van der Waals surface area (Å²) in [5.41, 5.74) is 1.08. The normalized spacial score (nSPS) is 14.2. The molecule has 1 aromatic rings. The predicted molar refractivity (Wildman–Crippen MR) is 91.2 cm³/mol. The van der Waals surface area contributed by atoms with Gasteiger partial charge in [0, 0.05) is 6.04 Å². The van der Waals surface area contributed by atoms with E-state index in [-0.39, 0.29) is 11.5 Å². The number of benzene rings is 1. The molecule has 0 saturated carbocycles. The van der Waals surface area contributed by atoms with Crippen LogP contribution in [-0.4, -0.2) is 31.3 Å². The second-order valence-electron chi connectivity index (χ2n) is 6.99. The summed E-state index contributed by atoms with van der Waals surface area (Å²) in [4.78, 5) is 11.5. The highest BCUT2D eigenvalue weighted by atomic mass is 16.5. The zero-order chi connectivity index (χ0) is 17.6. The van der Waals surface area contributed by atoms with Crippen LogP contribution in [0.3, 0.4) is 0 Å². The Bertz CT molecular complexity index is 522. The van der Waals surface area contributed by atoms with Gasteiger partial charge in [0.25, 0.3) is 0 Å². The first-order valence-corrected chi connectivity index (χ1v) is 7.88. The molecule has 1 rings (SSSR count). The van der Waals surface area contributed by atoms with Crippen LogP contribution in [0.2, 0.25) is 0 Å². The van der Waals surface area contributed by atoms with Crippen molar-refractivity contribution in [3.05, 3.63) is 23.8 Å². The van der Waals surface area contributed by atoms with Crippen molar-refractivity contribution < 1.29 is 19.4 Å². The number of carboxylic acid groups (broad SMARTS) is 1. The summed E-state index contributed by atoms with van der Waals surface area (Å²) in [6.45, 7) is 8.30. The molecule has 0 bridgehead atoms.